The van der Waals surface area contributed by atoms with Crippen LogP contribution >= 0.6 is 11.3 Å². The van der Waals surface area contributed by atoms with Gasteiger partial charge in [0, 0.05) is 24.0 Å². The molecule has 6 nitrogen and oxygen atoms in total. The van der Waals surface area contributed by atoms with Gasteiger partial charge in [0.1, 0.15) is 10.8 Å². The van der Waals surface area contributed by atoms with Crippen LogP contribution in [0.2, 0.25) is 0 Å². The second kappa shape index (κ2) is 6.17. The van der Waals surface area contributed by atoms with E-state index >= 15 is 0 Å². The van der Waals surface area contributed by atoms with E-state index in [0.717, 1.165) is 11.3 Å². The molecule has 0 aromatic carbocycles. The SMILES string of the molecule is CCc1ccc(S(=O)(=O)N2CCC(N3CCOC3=O)CC2)s1. The molecular formula is C14H20N2O4S2. The van der Waals surface area contributed by atoms with Crippen molar-refractivity contribution < 1.29 is 17.9 Å². The Hall–Kier alpha value is -1.12. The van der Waals surface area contributed by atoms with E-state index in [0.29, 0.717) is 43.3 Å². The maximum atomic E-state index is 12.6. The van der Waals surface area contributed by atoms with Gasteiger partial charge in [0.2, 0.25) is 0 Å². The summed E-state index contributed by atoms with van der Waals surface area (Å²) in [6.45, 7) is 3.97. The van der Waals surface area contributed by atoms with E-state index in [2.05, 4.69) is 0 Å². The molecular weight excluding hydrogens is 324 g/mol. The average Bonchev–Trinajstić information content (AvgIpc) is 3.16. The number of thiophene rings is 1. The standard InChI is InChI=1S/C14H20N2O4S2/c1-2-12-3-4-13(21-12)22(18,19)15-7-5-11(6-8-15)16-9-10-20-14(16)17/h3-4,11H,2,5-10H2,1H3. The molecule has 0 radical (unpaired) electrons. The molecule has 0 bridgehead atoms. The number of carbonyl (C=O) groups is 1. The molecule has 0 N–H and O–H groups in total. The Morgan fingerprint density at radius 1 is 1.27 bits per heavy atom. The molecule has 0 aliphatic carbocycles. The van der Waals surface area contributed by atoms with Crippen LogP contribution in [0, 0.1) is 0 Å². The molecule has 2 saturated heterocycles. The third-order valence-electron chi connectivity index (χ3n) is 4.24. The Labute approximate surface area is 134 Å². The Morgan fingerprint density at radius 2 is 2.00 bits per heavy atom. The summed E-state index contributed by atoms with van der Waals surface area (Å²) in [5, 5.41) is 0. The second-order valence-corrected chi connectivity index (χ2v) is 8.85. The third kappa shape index (κ3) is 2.87. The highest BCUT2D eigenvalue weighted by atomic mass is 32.2. The summed E-state index contributed by atoms with van der Waals surface area (Å²) < 4.78 is 32.2. The van der Waals surface area contributed by atoms with Gasteiger partial charge in [-0.2, -0.15) is 4.31 Å². The van der Waals surface area contributed by atoms with Gasteiger partial charge in [-0.1, -0.05) is 6.92 Å². The van der Waals surface area contributed by atoms with E-state index in [1.807, 2.05) is 13.0 Å². The Kier molecular flexibility index (Phi) is 4.42. The van der Waals surface area contributed by atoms with Crippen molar-refractivity contribution in [3.63, 3.8) is 0 Å². The van der Waals surface area contributed by atoms with Crippen LogP contribution in [0.5, 0.6) is 0 Å². The lowest BCUT2D eigenvalue weighted by Gasteiger charge is -2.34. The van der Waals surface area contributed by atoms with E-state index < -0.39 is 10.0 Å². The number of piperidine rings is 1. The van der Waals surface area contributed by atoms with Crippen LogP contribution in [-0.2, 0) is 21.2 Å². The predicted molar refractivity (Wildman–Crippen MR) is 83.5 cm³/mol. The van der Waals surface area contributed by atoms with Gasteiger partial charge in [0.25, 0.3) is 10.0 Å². The molecule has 2 fully saturated rings. The molecule has 0 spiro atoms. The van der Waals surface area contributed by atoms with Crippen LogP contribution in [0.25, 0.3) is 0 Å². The molecule has 2 aliphatic rings. The van der Waals surface area contributed by atoms with Crippen molar-refractivity contribution >= 4 is 27.5 Å². The second-order valence-electron chi connectivity index (χ2n) is 5.52. The number of cyclic esters (lactones) is 1. The van der Waals surface area contributed by atoms with Crippen molar-refractivity contribution in [2.45, 2.75) is 36.4 Å². The van der Waals surface area contributed by atoms with Gasteiger partial charge in [-0.05, 0) is 31.4 Å². The van der Waals surface area contributed by atoms with Crippen molar-refractivity contribution in [2.24, 2.45) is 0 Å². The van der Waals surface area contributed by atoms with Crippen LogP contribution in [0.3, 0.4) is 0 Å². The first kappa shape index (κ1) is 15.8. The maximum absolute atomic E-state index is 12.6. The van der Waals surface area contributed by atoms with Crippen LogP contribution in [-0.4, -0.2) is 56.0 Å². The number of amides is 1. The lowest BCUT2D eigenvalue weighted by Crippen LogP contribution is -2.46. The van der Waals surface area contributed by atoms with Crippen molar-refractivity contribution in [3.05, 3.63) is 17.0 Å². The van der Waals surface area contributed by atoms with E-state index in [4.69, 9.17) is 4.74 Å². The smallest absolute Gasteiger partial charge is 0.410 e. The molecule has 2 aliphatic heterocycles. The minimum Gasteiger partial charge on any atom is -0.448 e. The summed E-state index contributed by atoms with van der Waals surface area (Å²) in [6.07, 6.45) is 1.91. The van der Waals surface area contributed by atoms with Crippen molar-refractivity contribution in [1.82, 2.24) is 9.21 Å². The monoisotopic (exact) mass is 344 g/mol. The minimum absolute atomic E-state index is 0.0935. The summed E-state index contributed by atoms with van der Waals surface area (Å²) in [5.74, 6) is 0. The molecule has 1 aromatic heterocycles. The lowest BCUT2D eigenvalue weighted by atomic mass is 10.1. The highest BCUT2D eigenvalue weighted by Gasteiger charge is 2.36. The van der Waals surface area contributed by atoms with Crippen molar-refractivity contribution in [2.75, 3.05) is 26.2 Å². The number of hydrogen-bond acceptors (Lipinski definition) is 5. The van der Waals surface area contributed by atoms with E-state index in [1.54, 1.807) is 11.0 Å². The lowest BCUT2D eigenvalue weighted by molar-refractivity contribution is 0.134. The van der Waals surface area contributed by atoms with Gasteiger partial charge in [-0.25, -0.2) is 13.2 Å². The fourth-order valence-electron chi connectivity index (χ4n) is 2.95. The third-order valence-corrected chi connectivity index (χ3v) is 7.83. The highest BCUT2D eigenvalue weighted by molar-refractivity contribution is 7.91. The fourth-order valence-corrected chi connectivity index (χ4v) is 5.87. The molecule has 3 heterocycles. The number of aryl methyl sites for hydroxylation is 1. The molecule has 8 heteroatoms. The quantitative estimate of drug-likeness (QED) is 0.837. The zero-order chi connectivity index (χ0) is 15.7. The average molecular weight is 344 g/mol. The molecule has 22 heavy (non-hydrogen) atoms. The zero-order valence-corrected chi connectivity index (χ0v) is 14.2. The molecule has 0 unspecified atom stereocenters. The highest BCUT2D eigenvalue weighted by Crippen LogP contribution is 2.28. The molecule has 3 rings (SSSR count). The molecule has 0 saturated carbocycles. The van der Waals surface area contributed by atoms with Gasteiger partial charge in [0.05, 0.1) is 6.54 Å². The largest absolute Gasteiger partial charge is 0.448 e. The van der Waals surface area contributed by atoms with E-state index in [9.17, 15) is 13.2 Å². The van der Waals surface area contributed by atoms with Gasteiger partial charge < -0.3 is 9.64 Å². The van der Waals surface area contributed by atoms with Crippen LogP contribution < -0.4 is 0 Å². The predicted octanol–water partition coefficient (Wildman–Crippen LogP) is 1.92. The number of sulfonamides is 1. The summed E-state index contributed by atoms with van der Waals surface area (Å²) in [5.41, 5.74) is 0. The van der Waals surface area contributed by atoms with E-state index in [1.165, 1.54) is 15.6 Å². The summed E-state index contributed by atoms with van der Waals surface area (Å²) >= 11 is 1.35. The van der Waals surface area contributed by atoms with E-state index in [-0.39, 0.29) is 12.1 Å². The first-order valence-corrected chi connectivity index (χ1v) is 9.80. The summed E-state index contributed by atoms with van der Waals surface area (Å²) in [7, 11) is -3.39. The maximum Gasteiger partial charge on any atom is 0.410 e. The number of ether oxygens (including phenoxy) is 1. The molecule has 1 amide bonds. The van der Waals surface area contributed by atoms with Crippen LogP contribution in [0.15, 0.2) is 16.3 Å². The first-order valence-electron chi connectivity index (χ1n) is 7.54. The van der Waals surface area contributed by atoms with Gasteiger partial charge in [0.15, 0.2) is 0 Å². The molecule has 0 atom stereocenters. The Bertz CT molecular complexity index is 648. The van der Waals surface area contributed by atoms with Gasteiger partial charge in [-0.15, -0.1) is 11.3 Å². The minimum atomic E-state index is -3.39. The number of hydrogen-bond donors (Lipinski definition) is 0. The summed E-state index contributed by atoms with van der Waals surface area (Å²) in [4.78, 5) is 14.4. The fraction of sp³-hybridized carbons (Fsp3) is 0.643. The first-order chi connectivity index (χ1) is 10.5. The Morgan fingerprint density at radius 3 is 2.55 bits per heavy atom. The number of nitrogens with zero attached hydrogens (tertiary/aromatic N) is 2. The molecule has 1 aromatic rings. The number of carbonyl (C=O) groups excluding carboxylic acids is 1. The van der Waals surface area contributed by atoms with Crippen LogP contribution in [0.4, 0.5) is 4.79 Å². The number of rotatable bonds is 4. The Balaban J connectivity index is 1.66. The normalized spacial score (nSPS) is 21.3. The van der Waals surface area contributed by atoms with Crippen LogP contribution in [0.1, 0.15) is 24.6 Å². The zero-order valence-electron chi connectivity index (χ0n) is 12.5. The van der Waals surface area contributed by atoms with Crippen molar-refractivity contribution in [1.29, 1.82) is 0 Å². The van der Waals surface area contributed by atoms with Crippen molar-refractivity contribution in [3.8, 4) is 0 Å². The van der Waals surface area contributed by atoms with Gasteiger partial charge >= 0.3 is 6.09 Å². The topological polar surface area (TPSA) is 66.9 Å². The molecule has 122 valence electrons. The summed E-state index contributed by atoms with van der Waals surface area (Å²) in [6, 6.07) is 3.67. The van der Waals surface area contributed by atoms with Gasteiger partial charge in [-0.3, -0.25) is 0 Å².